The normalized spacial score (nSPS) is 19.9. The number of nitrogens with zero attached hydrogens (tertiary/aromatic N) is 2. The van der Waals surface area contributed by atoms with Gasteiger partial charge in [-0.2, -0.15) is 0 Å². The molecule has 0 radical (unpaired) electrons. The Hall–Kier alpha value is -2.29. The highest BCUT2D eigenvalue weighted by atomic mass is 32.2. The molecule has 166 valence electrons. The zero-order valence-electron chi connectivity index (χ0n) is 18.3. The van der Waals surface area contributed by atoms with Crippen LogP contribution in [-0.2, 0) is 9.63 Å². The van der Waals surface area contributed by atoms with Crippen LogP contribution in [0.25, 0.3) is 0 Å². The number of oxime groups is 1. The minimum absolute atomic E-state index is 0.228. The summed E-state index contributed by atoms with van der Waals surface area (Å²) in [7, 11) is 1.48. The van der Waals surface area contributed by atoms with Crippen molar-refractivity contribution in [1.82, 2.24) is 5.32 Å². The molecule has 2 heterocycles. The molecule has 0 aliphatic carbocycles. The van der Waals surface area contributed by atoms with Crippen molar-refractivity contribution in [2.45, 2.75) is 65.0 Å². The average molecular weight is 438 g/mol. The van der Waals surface area contributed by atoms with Crippen LogP contribution < -0.4 is 15.7 Å². The number of carbonyl (C=O) groups excluding carboxylic acids is 1. The molecule has 8 nitrogen and oxygen atoms in total. The molecular formula is C21H31N3O5S. The van der Waals surface area contributed by atoms with Crippen LogP contribution in [0.1, 0.15) is 65.2 Å². The standard InChI is InChI=1S/C21H31N3O5S/c1-6-8-10-28-24-14(3)19-23-21(4,13-30-19)20(26)22-16(9-7-2)17-11-15(27-5)12-18(25)29-17/h11-12,16H,6-10,13H2,1-5H3,(H,22,26)/b24-14+/t16-,21?/m1/s1. The van der Waals surface area contributed by atoms with Gasteiger partial charge in [0.05, 0.1) is 19.2 Å². The van der Waals surface area contributed by atoms with Crippen molar-refractivity contribution in [1.29, 1.82) is 0 Å². The van der Waals surface area contributed by atoms with E-state index in [4.69, 9.17) is 14.0 Å². The molecule has 1 aromatic heterocycles. The number of carbonyl (C=O) groups is 1. The van der Waals surface area contributed by atoms with Crippen LogP contribution in [0, 0.1) is 0 Å². The van der Waals surface area contributed by atoms with E-state index in [1.54, 1.807) is 13.0 Å². The first kappa shape index (κ1) is 24.0. The van der Waals surface area contributed by atoms with Crippen LogP contribution >= 0.6 is 11.8 Å². The van der Waals surface area contributed by atoms with E-state index >= 15 is 0 Å². The number of rotatable bonds is 11. The van der Waals surface area contributed by atoms with Crippen molar-refractivity contribution in [3.8, 4) is 5.75 Å². The van der Waals surface area contributed by atoms with Crippen LogP contribution in [0.5, 0.6) is 5.75 Å². The molecule has 1 aromatic rings. The number of amides is 1. The number of aliphatic imine (C=N–C) groups is 1. The first-order chi connectivity index (χ1) is 14.3. The second-order valence-electron chi connectivity index (χ2n) is 7.38. The Balaban J connectivity index is 2.14. The lowest BCUT2D eigenvalue weighted by atomic mass is 10.0. The number of hydrogen-bond acceptors (Lipinski definition) is 8. The molecule has 1 aliphatic heterocycles. The second-order valence-corrected chi connectivity index (χ2v) is 8.34. The molecule has 30 heavy (non-hydrogen) atoms. The quantitative estimate of drug-likeness (QED) is 0.322. The lowest BCUT2D eigenvalue weighted by Crippen LogP contribution is -2.45. The molecule has 0 saturated heterocycles. The zero-order valence-corrected chi connectivity index (χ0v) is 19.1. The van der Waals surface area contributed by atoms with Crippen molar-refractivity contribution >= 4 is 28.4 Å². The fraction of sp³-hybridized carbons (Fsp3) is 0.619. The van der Waals surface area contributed by atoms with Crippen LogP contribution in [0.2, 0.25) is 0 Å². The van der Waals surface area contributed by atoms with Gasteiger partial charge in [-0.1, -0.05) is 31.8 Å². The summed E-state index contributed by atoms with van der Waals surface area (Å²) in [5, 5.41) is 7.80. The molecule has 1 aliphatic rings. The lowest BCUT2D eigenvalue weighted by Gasteiger charge is -2.24. The van der Waals surface area contributed by atoms with E-state index in [1.165, 1.54) is 24.9 Å². The highest BCUT2D eigenvalue weighted by Gasteiger charge is 2.40. The summed E-state index contributed by atoms with van der Waals surface area (Å²) >= 11 is 1.48. The maximum absolute atomic E-state index is 13.1. The maximum Gasteiger partial charge on any atom is 0.339 e. The molecule has 1 N–H and O–H groups in total. The minimum atomic E-state index is -0.939. The summed E-state index contributed by atoms with van der Waals surface area (Å²) in [6, 6.07) is 2.45. The van der Waals surface area contributed by atoms with Gasteiger partial charge in [0.2, 0.25) is 5.91 Å². The molecule has 1 unspecified atom stereocenters. The third-order valence-corrected chi connectivity index (χ3v) is 6.02. The SMILES string of the molecule is CCCCO/N=C(\C)C1=NC(C)(C(=O)N[C@H](CCC)c2cc(OC)cc(=O)o2)CS1. The number of nitrogens with one attached hydrogen (secondary N) is 1. The third-order valence-electron chi connectivity index (χ3n) is 4.65. The number of ether oxygens (including phenoxy) is 1. The summed E-state index contributed by atoms with van der Waals surface area (Å²) < 4.78 is 10.5. The van der Waals surface area contributed by atoms with Gasteiger partial charge >= 0.3 is 5.63 Å². The van der Waals surface area contributed by atoms with Crippen LogP contribution in [0.4, 0.5) is 0 Å². The number of thioether (sulfide) groups is 1. The molecule has 2 atom stereocenters. The van der Waals surface area contributed by atoms with Gasteiger partial charge in [-0.25, -0.2) is 4.79 Å². The van der Waals surface area contributed by atoms with Crippen LogP contribution in [-0.4, -0.2) is 41.7 Å². The van der Waals surface area contributed by atoms with Crippen LogP contribution in [0.3, 0.4) is 0 Å². The second kappa shape index (κ2) is 11.2. The van der Waals surface area contributed by atoms with Gasteiger partial charge in [-0.3, -0.25) is 9.79 Å². The van der Waals surface area contributed by atoms with Gasteiger partial charge in [0.1, 0.15) is 34.4 Å². The van der Waals surface area contributed by atoms with Gasteiger partial charge in [0, 0.05) is 11.8 Å². The molecule has 2 rings (SSSR count). The van der Waals surface area contributed by atoms with Gasteiger partial charge in [-0.15, -0.1) is 11.8 Å². The number of hydrogen-bond donors (Lipinski definition) is 1. The van der Waals surface area contributed by atoms with Crippen molar-refractivity contribution in [2.75, 3.05) is 19.5 Å². The minimum Gasteiger partial charge on any atom is -0.496 e. The number of unbranched alkanes of at least 4 members (excludes halogenated alkanes) is 1. The Morgan fingerprint density at radius 3 is 2.83 bits per heavy atom. The number of methoxy groups -OCH3 is 1. The topological polar surface area (TPSA) is 102 Å². The van der Waals surface area contributed by atoms with E-state index < -0.39 is 17.2 Å². The largest absolute Gasteiger partial charge is 0.496 e. The monoisotopic (exact) mass is 437 g/mol. The first-order valence-corrected chi connectivity index (χ1v) is 11.2. The van der Waals surface area contributed by atoms with E-state index in [0.717, 1.165) is 19.3 Å². The smallest absolute Gasteiger partial charge is 0.339 e. The molecule has 0 spiro atoms. The molecule has 0 aromatic carbocycles. The fourth-order valence-electron chi connectivity index (χ4n) is 2.84. The Morgan fingerprint density at radius 2 is 2.17 bits per heavy atom. The molecule has 0 saturated carbocycles. The molecular weight excluding hydrogens is 406 g/mol. The van der Waals surface area contributed by atoms with E-state index in [-0.39, 0.29) is 5.91 Å². The van der Waals surface area contributed by atoms with Crippen molar-refractivity contribution in [3.05, 3.63) is 28.3 Å². The summed E-state index contributed by atoms with van der Waals surface area (Å²) in [4.78, 5) is 34.8. The summed E-state index contributed by atoms with van der Waals surface area (Å²) in [6.45, 7) is 8.26. The fourth-order valence-corrected chi connectivity index (χ4v) is 3.97. The molecule has 0 bridgehead atoms. The predicted molar refractivity (Wildman–Crippen MR) is 120 cm³/mol. The molecule has 0 fully saturated rings. The van der Waals surface area contributed by atoms with E-state index in [1.807, 2.05) is 13.8 Å². The summed E-state index contributed by atoms with van der Waals surface area (Å²) in [5.41, 5.74) is -0.792. The van der Waals surface area contributed by atoms with Gasteiger partial charge in [0.25, 0.3) is 0 Å². The van der Waals surface area contributed by atoms with Crippen LogP contribution in [0.15, 0.2) is 31.5 Å². The first-order valence-electron chi connectivity index (χ1n) is 10.2. The summed E-state index contributed by atoms with van der Waals surface area (Å²) in [5.74, 6) is 1.04. The average Bonchev–Trinajstić information content (AvgIpc) is 3.14. The van der Waals surface area contributed by atoms with Crippen molar-refractivity contribution < 1.29 is 18.8 Å². The predicted octanol–water partition coefficient (Wildman–Crippen LogP) is 3.70. The van der Waals surface area contributed by atoms with E-state index in [0.29, 0.717) is 41.0 Å². The van der Waals surface area contributed by atoms with Gasteiger partial charge in [-0.05, 0) is 26.7 Å². The van der Waals surface area contributed by atoms with Crippen molar-refractivity contribution in [2.24, 2.45) is 10.1 Å². The Labute approximate surface area is 181 Å². The lowest BCUT2D eigenvalue weighted by molar-refractivity contribution is -0.125. The molecule has 9 heteroatoms. The summed E-state index contributed by atoms with van der Waals surface area (Å²) in [6.07, 6.45) is 3.39. The molecule has 1 amide bonds. The van der Waals surface area contributed by atoms with E-state index in [2.05, 4.69) is 22.4 Å². The van der Waals surface area contributed by atoms with Gasteiger partial charge < -0.3 is 19.3 Å². The third kappa shape index (κ3) is 6.35. The Morgan fingerprint density at radius 1 is 1.40 bits per heavy atom. The van der Waals surface area contributed by atoms with Crippen molar-refractivity contribution in [3.63, 3.8) is 0 Å². The Kier molecular flexibility index (Phi) is 8.95. The zero-order chi connectivity index (χ0) is 22.1. The van der Waals surface area contributed by atoms with E-state index in [9.17, 15) is 9.59 Å². The highest BCUT2D eigenvalue weighted by Crippen LogP contribution is 2.30. The Bertz CT molecular complexity index is 851. The highest BCUT2D eigenvalue weighted by molar-refractivity contribution is 8.16. The maximum atomic E-state index is 13.1. The van der Waals surface area contributed by atoms with Gasteiger partial charge in [0.15, 0.2) is 0 Å².